The molecule has 6 nitrogen and oxygen atoms in total. The Morgan fingerprint density at radius 1 is 1.06 bits per heavy atom. The van der Waals surface area contributed by atoms with E-state index in [2.05, 4.69) is 10.2 Å². The summed E-state index contributed by atoms with van der Waals surface area (Å²) in [5.74, 6) is -0.411. The van der Waals surface area contributed by atoms with Crippen molar-refractivity contribution < 1.29 is 9.18 Å². The Bertz CT molecular complexity index is 1230. The van der Waals surface area contributed by atoms with Gasteiger partial charge in [0, 0.05) is 36.6 Å². The molecule has 0 unspecified atom stereocenters. The summed E-state index contributed by atoms with van der Waals surface area (Å²) in [5.41, 5.74) is 5.20. The van der Waals surface area contributed by atoms with Gasteiger partial charge in [-0.3, -0.25) is 4.79 Å². The number of hydrogen-bond acceptors (Lipinski definition) is 3. The second kappa shape index (κ2) is 7.83. The number of benzene rings is 2. The first-order valence-electron chi connectivity index (χ1n) is 10.3. The second-order valence-corrected chi connectivity index (χ2v) is 7.81. The van der Waals surface area contributed by atoms with E-state index in [-0.39, 0.29) is 11.7 Å². The Labute approximate surface area is 179 Å². The molecule has 0 radical (unpaired) electrons. The molecule has 1 amide bonds. The van der Waals surface area contributed by atoms with Crippen molar-refractivity contribution in [3.05, 3.63) is 95.3 Å². The number of fused-ring (bicyclic) bond motifs is 1. The summed E-state index contributed by atoms with van der Waals surface area (Å²) < 4.78 is 16.9. The van der Waals surface area contributed by atoms with Crippen LogP contribution in [0.1, 0.15) is 33.7 Å². The molecule has 0 fully saturated rings. The molecule has 4 aromatic rings. The van der Waals surface area contributed by atoms with E-state index < -0.39 is 0 Å². The lowest BCUT2D eigenvalue weighted by Crippen LogP contribution is -2.27. The van der Waals surface area contributed by atoms with Crippen LogP contribution in [0.15, 0.2) is 67.0 Å². The Balaban J connectivity index is 1.38. The summed E-state index contributed by atoms with van der Waals surface area (Å²) >= 11 is 0. The van der Waals surface area contributed by atoms with E-state index in [1.54, 1.807) is 39.6 Å². The highest BCUT2D eigenvalue weighted by Gasteiger charge is 2.28. The number of halogens is 1. The van der Waals surface area contributed by atoms with Crippen LogP contribution in [0.4, 0.5) is 4.39 Å². The van der Waals surface area contributed by atoms with Crippen molar-refractivity contribution >= 4 is 5.91 Å². The quantitative estimate of drug-likeness (QED) is 0.496. The van der Waals surface area contributed by atoms with Gasteiger partial charge >= 0.3 is 0 Å². The zero-order valence-electron chi connectivity index (χ0n) is 17.2. The predicted molar refractivity (Wildman–Crippen MR) is 115 cm³/mol. The minimum Gasteiger partial charge on any atom is -0.336 e. The molecule has 0 N–H and O–H groups in total. The number of amides is 1. The first kappa shape index (κ1) is 19.2. The van der Waals surface area contributed by atoms with Gasteiger partial charge in [-0.15, -0.1) is 0 Å². The highest BCUT2D eigenvalue weighted by molar-refractivity contribution is 5.94. The average Bonchev–Trinajstić information content (AvgIpc) is 3.51. The molecule has 0 aliphatic heterocycles. The summed E-state index contributed by atoms with van der Waals surface area (Å²) in [7, 11) is 1.78. The molecule has 0 saturated carbocycles. The van der Waals surface area contributed by atoms with Crippen molar-refractivity contribution in [1.29, 1.82) is 0 Å². The topological polar surface area (TPSA) is 56.0 Å². The molecule has 0 spiro atoms. The zero-order valence-corrected chi connectivity index (χ0v) is 17.2. The molecule has 2 aromatic carbocycles. The number of para-hydroxylation sites is 1. The maximum Gasteiger partial charge on any atom is 0.274 e. The third-order valence-corrected chi connectivity index (χ3v) is 5.63. The third-order valence-electron chi connectivity index (χ3n) is 5.63. The highest BCUT2D eigenvalue weighted by atomic mass is 19.1. The van der Waals surface area contributed by atoms with Crippen molar-refractivity contribution in [1.82, 2.24) is 24.5 Å². The molecular weight excluding hydrogens is 393 g/mol. The predicted octanol–water partition coefficient (Wildman–Crippen LogP) is 3.96. The van der Waals surface area contributed by atoms with Gasteiger partial charge in [-0.05, 0) is 55.7 Å². The van der Waals surface area contributed by atoms with Crippen molar-refractivity contribution in [3.8, 4) is 11.4 Å². The Kier molecular flexibility index (Phi) is 4.86. The maximum absolute atomic E-state index is 13.3. The van der Waals surface area contributed by atoms with Gasteiger partial charge in [0.2, 0.25) is 0 Å². The number of rotatable bonds is 5. The summed E-state index contributed by atoms with van der Waals surface area (Å²) in [6.07, 6.45) is 6.39. The summed E-state index contributed by atoms with van der Waals surface area (Å²) in [4.78, 5) is 14.9. The summed E-state index contributed by atoms with van der Waals surface area (Å²) in [5, 5.41) is 9.04. The van der Waals surface area contributed by atoms with Crippen LogP contribution in [-0.4, -0.2) is 37.4 Å². The average molecular weight is 415 g/mol. The van der Waals surface area contributed by atoms with Crippen LogP contribution in [0, 0.1) is 5.82 Å². The van der Waals surface area contributed by atoms with Crippen LogP contribution >= 0.6 is 0 Å². The molecule has 31 heavy (non-hydrogen) atoms. The van der Waals surface area contributed by atoms with Crippen molar-refractivity contribution in [2.24, 2.45) is 0 Å². The molecule has 1 aliphatic rings. The molecule has 2 heterocycles. The second-order valence-electron chi connectivity index (χ2n) is 7.81. The lowest BCUT2D eigenvalue weighted by atomic mass is 10.2. The fourth-order valence-corrected chi connectivity index (χ4v) is 4.10. The van der Waals surface area contributed by atoms with Gasteiger partial charge in [0.1, 0.15) is 5.82 Å². The molecule has 7 heteroatoms. The molecule has 1 aliphatic carbocycles. The molecule has 156 valence electrons. The number of carbonyl (C=O) groups excluding carboxylic acids is 1. The Morgan fingerprint density at radius 2 is 1.84 bits per heavy atom. The van der Waals surface area contributed by atoms with Gasteiger partial charge in [0.25, 0.3) is 5.91 Å². The van der Waals surface area contributed by atoms with E-state index in [1.165, 1.54) is 12.1 Å². The SMILES string of the molecule is CN(Cc1cnn(-c2ccccc2)c1)C(=O)c1nn(-c2ccc(F)cc2)c2c1CCC2. The normalized spacial score (nSPS) is 12.7. The van der Waals surface area contributed by atoms with Gasteiger partial charge < -0.3 is 4.90 Å². The van der Waals surface area contributed by atoms with Gasteiger partial charge in [0.05, 0.1) is 17.6 Å². The fraction of sp³-hybridized carbons (Fsp3) is 0.208. The van der Waals surface area contributed by atoms with Gasteiger partial charge in [-0.1, -0.05) is 18.2 Å². The largest absolute Gasteiger partial charge is 0.336 e. The van der Waals surface area contributed by atoms with Crippen LogP contribution < -0.4 is 0 Å². The van der Waals surface area contributed by atoms with Gasteiger partial charge in [-0.2, -0.15) is 10.2 Å². The van der Waals surface area contributed by atoms with Crippen LogP contribution in [0.2, 0.25) is 0 Å². The van der Waals surface area contributed by atoms with Gasteiger partial charge in [0.15, 0.2) is 5.69 Å². The number of hydrogen-bond donors (Lipinski definition) is 0. The Hall–Kier alpha value is -3.74. The van der Waals surface area contributed by atoms with E-state index in [0.717, 1.165) is 47.5 Å². The van der Waals surface area contributed by atoms with E-state index >= 15 is 0 Å². The Morgan fingerprint density at radius 3 is 2.61 bits per heavy atom. The van der Waals surface area contributed by atoms with Crippen molar-refractivity contribution in [2.45, 2.75) is 25.8 Å². The van der Waals surface area contributed by atoms with Crippen LogP contribution in [0.5, 0.6) is 0 Å². The van der Waals surface area contributed by atoms with Crippen LogP contribution in [0.25, 0.3) is 11.4 Å². The zero-order chi connectivity index (χ0) is 21.4. The molecular formula is C24H22FN5O. The lowest BCUT2D eigenvalue weighted by molar-refractivity contribution is 0.0777. The van der Waals surface area contributed by atoms with Gasteiger partial charge in [-0.25, -0.2) is 13.8 Å². The summed E-state index contributed by atoms with van der Waals surface area (Å²) in [6, 6.07) is 16.1. The van der Waals surface area contributed by atoms with E-state index in [0.29, 0.717) is 12.2 Å². The van der Waals surface area contributed by atoms with E-state index in [9.17, 15) is 9.18 Å². The van der Waals surface area contributed by atoms with Crippen molar-refractivity contribution in [3.63, 3.8) is 0 Å². The molecule has 0 bridgehead atoms. The monoisotopic (exact) mass is 415 g/mol. The number of nitrogens with zero attached hydrogens (tertiary/aromatic N) is 5. The van der Waals surface area contributed by atoms with E-state index in [1.807, 2.05) is 36.5 Å². The molecule has 5 rings (SSSR count). The highest BCUT2D eigenvalue weighted by Crippen LogP contribution is 2.28. The standard InChI is InChI=1S/C24H22FN5O/c1-28(15-17-14-26-29(16-17)19-6-3-2-4-7-19)24(31)23-21-8-5-9-22(21)30(27-23)20-12-10-18(25)11-13-20/h2-4,6-7,10-14,16H,5,8-9,15H2,1H3. The molecule has 0 saturated heterocycles. The number of aromatic nitrogens is 4. The number of carbonyl (C=O) groups is 1. The van der Waals surface area contributed by atoms with Crippen LogP contribution in [0.3, 0.4) is 0 Å². The maximum atomic E-state index is 13.3. The molecule has 2 aromatic heterocycles. The summed E-state index contributed by atoms with van der Waals surface area (Å²) in [6.45, 7) is 0.434. The lowest BCUT2D eigenvalue weighted by Gasteiger charge is -2.15. The van der Waals surface area contributed by atoms with Crippen molar-refractivity contribution in [2.75, 3.05) is 7.05 Å². The fourth-order valence-electron chi connectivity index (χ4n) is 4.10. The molecule has 0 atom stereocenters. The third kappa shape index (κ3) is 3.63. The smallest absolute Gasteiger partial charge is 0.274 e. The first-order valence-corrected chi connectivity index (χ1v) is 10.3. The minimum atomic E-state index is -0.292. The minimum absolute atomic E-state index is 0.119. The van der Waals surface area contributed by atoms with Crippen LogP contribution in [-0.2, 0) is 19.4 Å². The van der Waals surface area contributed by atoms with E-state index in [4.69, 9.17) is 0 Å². The first-order chi connectivity index (χ1) is 15.1.